The molecule has 0 spiro atoms. The molecule has 7 heavy (non-hydrogen) atoms. The molecule has 0 unspecified atom stereocenters. The van der Waals surface area contributed by atoms with Crippen LogP contribution in [0.5, 0.6) is 0 Å². The van der Waals surface area contributed by atoms with E-state index in [1.54, 1.807) is 0 Å². The Hall–Kier alpha value is 0.180. The van der Waals surface area contributed by atoms with Crippen molar-refractivity contribution in [3.05, 3.63) is 0 Å². The molecule has 0 aliphatic rings. The van der Waals surface area contributed by atoms with Crippen LogP contribution in [0.4, 0.5) is 4.39 Å². The topological polar surface area (TPSA) is 35.0 Å². The van der Waals surface area contributed by atoms with Crippen molar-refractivity contribution in [1.82, 2.24) is 6.15 Å². The van der Waals surface area contributed by atoms with Crippen LogP contribution in [0.15, 0.2) is 0 Å². The highest BCUT2D eigenvalue weighted by molar-refractivity contribution is 5.85. The van der Waals surface area contributed by atoms with Crippen molar-refractivity contribution in [3.8, 4) is 0 Å². The third kappa shape index (κ3) is 3330. The lowest BCUT2D eigenvalue weighted by Gasteiger charge is -1.99. The van der Waals surface area contributed by atoms with Gasteiger partial charge in [-0.1, -0.05) is 0 Å². The molecule has 0 fully saturated rings. The lowest BCUT2D eigenvalue weighted by atomic mass is 10.2. The van der Waals surface area contributed by atoms with Crippen LogP contribution in [0.25, 0.3) is 0 Å². The average molecular weight is 130 g/mol. The molecule has 0 aliphatic heterocycles. The van der Waals surface area contributed by atoms with Crippen LogP contribution in [0, 0.1) is 0 Å². The quantitative estimate of drug-likeness (QED) is 0.535. The van der Waals surface area contributed by atoms with Gasteiger partial charge in [0.2, 0.25) is 0 Å². The van der Waals surface area contributed by atoms with Crippen molar-refractivity contribution in [2.45, 2.75) is 26.4 Å². The molecule has 3 heteroatoms. The second-order valence-corrected chi connectivity index (χ2v) is 2.07. The van der Waals surface area contributed by atoms with E-state index in [1.807, 2.05) is 0 Å². The molecule has 48 valence electrons. The fourth-order valence-corrected chi connectivity index (χ4v) is 0. The molecule has 0 saturated carbocycles. The molecule has 0 radical (unpaired) electrons. The van der Waals surface area contributed by atoms with Crippen molar-refractivity contribution >= 4 is 12.4 Å². The summed E-state index contributed by atoms with van der Waals surface area (Å²) >= 11 is 0. The van der Waals surface area contributed by atoms with Crippen molar-refractivity contribution in [1.29, 1.82) is 0 Å². The summed E-state index contributed by atoms with van der Waals surface area (Å²) in [6.07, 6.45) is 0. The van der Waals surface area contributed by atoms with E-state index in [0.29, 0.717) is 0 Å². The van der Waals surface area contributed by atoms with Crippen molar-refractivity contribution in [3.63, 3.8) is 0 Å². The van der Waals surface area contributed by atoms with E-state index in [4.69, 9.17) is 0 Å². The maximum atomic E-state index is 11.7. The van der Waals surface area contributed by atoms with Crippen LogP contribution in [0.1, 0.15) is 20.8 Å². The van der Waals surface area contributed by atoms with Gasteiger partial charge in [0.05, 0.1) is 0 Å². The molecule has 1 nitrogen and oxygen atoms in total. The zero-order valence-electron chi connectivity index (χ0n) is 4.99. The van der Waals surface area contributed by atoms with Crippen LogP contribution in [0.2, 0.25) is 0 Å². The van der Waals surface area contributed by atoms with Crippen LogP contribution in [-0.4, -0.2) is 5.67 Å². The second-order valence-electron chi connectivity index (χ2n) is 2.07. The Labute approximate surface area is 50.3 Å². The van der Waals surface area contributed by atoms with Gasteiger partial charge in [-0.15, -0.1) is 12.4 Å². The summed E-state index contributed by atoms with van der Waals surface area (Å²) in [5.41, 5.74) is -1.00. The van der Waals surface area contributed by atoms with Gasteiger partial charge in [-0.25, -0.2) is 4.39 Å². The molecule has 0 aromatic rings. The first-order valence-electron chi connectivity index (χ1n) is 1.69. The molecular weight excluding hydrogens is 117 g/mol. The fraction of sp³-hybridized carbons (Fsp3) is 1.00. The minimum Gasteiger partial charge on any atom is -0.344 e. The lowest BCUT2D eigenvalue weighted by molar-refractivity contribution is 0.246. The first-order valence-corrected chi connectivity index (χ1v) is 1.69. The molecule has 0 amide bonds. The molecule has 0 heterocycles. The van der Waals surface area contributed by atoms with Crippen LogP contribution in [-0.2, 0) is 0 Å². The van der Waals surface area contributed by atoms with E-state index < -0.39 is 5.67 Å². The summed E-state index contributed by atoms with van der Waals surface area (Å²) in [6.45, 7) is 4.56. The summed E-state index contributed by atoms with van der Waals surface area (Å²) in [5, 5.41) is 0. The predicted molar refractivity (Wildman–Crippen MR) is 33.1 cm³/mol. The largest absolute Gasteiger partial charge is 0.344 e. The molecule has 0 atom stereocenters. The monoisotopic (exact) mass is 129 g/mol. The first kappa shape index (κ1) is 15.7. The van der Waals surface area contributed by atoms with E-state index in [1.165, 1.54) is 20.8 Å². The van der Waals surface area contributed by atoms with Gasteiger partial charge < -0.3 is 6.15 Å². The van der Waals surface area contributed by atoms with E-state index in [9.17, 15) is 4.39 Å². The van der Waals surface area contributed by atoms with Gasteiger partial charge in [0.15, 0.2) is 0 Å². The van der Waals surface area contributed by atoms with E-state index in [0.717, 1.165) is 0 Å². The molecular formula is C4H13ClFN. The van der Waals surface area contributed by atoms with Gasteiger partial charge in [-0.2, -0.15) is 0 Å². The summed E-state index contributed by atoms with van der Waals surface area (Å²) in [5.74, 6) is 0. The highest BCUT2D eigenvalue weighted by Gasteiger charge is 2.01. The Morgan fingerprint density at radius 2 is 1.14 bits per heavy atom. The highest BCUT2D eigenvalue weighted by atomic mass is 35.5. The highest BCUT2D eigenvalue weighted by Crippen LogP contribution is 2.02. The fourth-order valence-electron chi connectivity index (χ4n) is 0. The van der Waals surface area contributed by atoms with E-state index in [-0.39, 0.29) is 18.6 Å². The molecule has 0 aromatic carbocycles. The number of rotatable bonds is 0. The van der Waals surface area contributed by atoms with Gasteiger partial charge in [0.25, 0.3) is 0 Å². The van der Waals surface area contributed by atoms with Crippen molar-refractivity contribution in [2.75, 3.05) is 0 Å². The summed E-state index contributed by atoms with van der Waals surface area (Å²) < 4.78 is 11.7. The van der Waals surface area contributed by atoms with Crippen LogP contribution < -0.4 is 6.15 Å². The third-order valence-corrected chi connectivity index (χ3v) is 0. The van der Waals surface area contributed by atoms with Crippen LogP contribution >= 0.6 is 12.4 Å². The van der Waals surface area contributed by atoms with E-state index >= 15 is 0 Å². The van der Waals surface area contributed by atoms with Crippen molar-refractivity contribution in [2.24, 2.45) is 0 Å². The smallest absolute Gasteiger partial charge is 0.102 e. The molecule has 3 N–H and O–H groups in total. The Balaban J connectivity index is -0.0000000800. The average Bonchev–Trinajstić information content (AvgIpc) is 0.722. The first-order chi connectivity index (χ1) is 2.00. The van der Waals surface area contributed by atoms with Crippen molar-refractivity contribution < 1.29 is 4.39 Å². The van der Waals surface area contributed by atoms with Gasteiger partial charge in [0, 0.05) is 0 Å². The van der Waals surface area contributed by atoms with Gasteiger partial charge >= 0.3 is 0 Å². The Kier molecular flexibility index (Phi) is 9.73. The summed E-state index contributed by atoms with van der Waals surface area (Å²) in [6, 6.07) is 0. The SMILES string of the molecule is CC(C)(C)F.Cl.N. The standard InChI is InChI=1S/C4H9F.ClH.H3N/c1-4(2,3)5;;/h1-3H3;1H;1H3. The maximum absolute atomic E-state index is 11.7. The second kappa shape index (κ2) is 4.34. The predicted octanol–water partition coefficient (Wildman–Crippen LogP) is 2.34. The summed E-state index contributed by atoms with van der Waals surface area (Å²) in [4.78, 5) is 0. The minimum absolute atomic E-state index is 0. The van der Waals surface area contributed by atoms with Gasteiger partial charge in [-0.05, 0) is 20.8 Å². The zero-order valence-corrected chi connectivity index (χ0v) is 5.81. The third-order valence-electron chi connectivity index (χ3n) is 0. The normalized spacial score (nSPS) is 8.57. The molecule has 0 saturated heterocycles. The maximum Gasteiger partial charge on any atom is 0.102 e. The van der Waals surface area contributed by atoms with Gasteiger partial charge in [0.1, 0.15) is 5.67 Å². The lowest BCUT2D eigenvalue weighted by Crippen LogP contribution is -2.01. The minimum atomic E-state index is -1.00. The Morgan fingerprint density at radius 1 is 1.14 bits per heavy atom. The Morgan fingerprint density at radius 3 is 1.14 bits per heavy atom. The van der Waals surface area contributed by atoms with Gasteiger partial charge in [-0.3, -0.25) is 0 Å². The molecule has 0 rings (SSSR count). The number of hydrogen-bond donors (Lipinski definition) is 1. The number of hydrogen-bond acceptors (Lipinski definition) is 1. The zero-order chi connectivity index (χ0) is 4.50. The number of alkyl halides is 1. The molecule has 0 aromatic heterocycles. The van der Waals surface area contributed by atoms with E-state index in [2.05, 4.69) is 0 Å². The summed E-state index contributed by atoms with van der Waals surface area (Å²) in [7, 11) is 0. The molecule has 0 aliphatic carbocycles. The Bertz CT molecular complexity index is 27.2. The molecule has 0 bridgehead atoms. The number of halogens is 2. The van der Waals surface area contributed by atoms with Crippen LogP contribution in [0.3, 0.4) is 0 Å².